The lowest BCUT2D eigenvalue weighted by Crippen LogP contribution is -2.09. The number of aromatic nitrogens is 2. The maximum atomic E-state index is 11.3. The molecule has 1 aromatic carbocycles. The van der Waals surface area contributed by atoms with Crippen molar-refractivity contribution in [3.63, 3.8) is 0 Å². The van der Waals surface area contributed by atoms with Crippen molar-refractivity contribution < 1.29 is 14.6 Å². The Bertz CT molecular complexity index is 664. The molecule has 2 rings (SSSR count). The Balaban J connectivity index is 2.32. The number of carboxylic acids is 1. The summed E-state index contributed by atoms with van der Waals surface area (Å²) in [5.41, 5.74) is 0.202. The van der Waals surface area contributed by atoms with Gasteiger partial charge in [-0.1, -0.05) is 18.2 Å². The highest BCUT2D eigenvalue weighted by molar-refractivity contribution is 5.71. The molecule has 1 heterocycles. The van der Waals surface area contributed by atoms with E-state index in [9.17, 15) is 9.59 Å². The van der Waals surface area contributed by atoms with Gasteiger partial charge in [-0.15, -0.1) is 0 Å². The van der Waals surface area contributed by atoms with Gasteiger partial charge in [0.15, 0.2) is 0 Å². The van der Waals surface area contributed by atoms with E-state index in [1.54, 1.807) is 31.2 Å². The quantitative estimate of drug-likeness (QED) is 0.869. The second-order valence-corrected chi connectivity index (χ2v) is 3.95. The summed E-state index contributed by atoms with van der Waals surface area (Å²) in [6, 6.07) is 7.95. The predicted molar refractivity (Wildman–Crippen MR) is 67.5 cm³/mol. The highest BCUT2D eigenvalue weighted by Gasteiger charge is 2.09. The van der Waals surface area contributed by atoms with Gasteiger partial charge in [-0.2, -0.15) is 0 Å². The molecule has 98 valence electrons. The first kappa shape index (κ1) is 12.8. The standard InChI is InChI=1S/C13H12N2O4/c1-8-14-11(16)7-12(15-8)19-10-5-3-2-4-9(10)6-13(17)18/h2-5,7H,6H2,1H3,(H,17,18)(H,14,15,16). The molecule has 2 N–H and O–H groups in total. The molecule has 2 aromatic rings. The van der Waals surface area contributed by atoms with Crippen LogP contribution in [-0.2, 0) is 11.2 Å². The van der Waals surface area contributed by atoms with Crippen LogP contribution in [0.3, 0.4) is 0 Å². The average Bonchev–Trinajstić information content (AvgIpc) is 2.29. The molecule has 0 fully saturated rings. The van der Waals surface area contributed by atoms with Crippen molar-refractivity contribution in [3.05, 3.63) is 52.1 Å². The maximum Gasteiger partial charge on any atom is 0.307 e. The Morgan fingerprint density at radius 2 is 2.16 bits per heavy atom. The zero-order chi connectivity index (χ0) is 13.8. The molecule has 0 aliphatic heterocycles. The molecule has 0 radical (unpaired) electrons. The second-order valence-electron chi connectivity index (χ2n) is 3.95. The van der Waals surface area contributed by atoms with Crippen molar-refractivity contribution in [2.24, 2.45) is 0 Å². The molecule has 0 saturated carbocycles. The minimum atomic E-state index is -0.953. The molecule has 0 bridgehead atoms. The number of carboxylic acid groups (broad SMARTS) is 1. The molecule has 6 heteroatoms. The van der Waals surface area contributed by atoms with Crippen LogP contribution in [0.25, 0.3) is 0 Å². The Morgan fingerprint density at radius 3 is 2.84 bits per heavy atom. The largest absolute Gasteiger partial charge is 0.481 e. The van der Waals surface area contributed by atoms with Crippen LogP contribution in [0.5, 0.6) is 11.6 Å². The first-order chi connectivity index (χ1) is 9.04. The van der Waals surface area contributed by atoms with E-state index in [0.717, 1.165) is 0 Å². The number of para-hydroxylation sites is 1. The van der Waals surface area contributed by atoms with Gasteiger partial charge in [-0.05, 0) is 13.0 Å². The number of hydrogen-bond acceptors (Lipinski definition) is 4. The zero-order valence-corrected chi connectivity index (χ0v) is 10.2. The summed E-state index contributed by atoms with van der Waals surface area (Å²) >= 11 is 0. The number of nitrogens with one attached hydrogen (secondary N) is 1. The molecule has 0 amide bonds. The van der Waals surface area contributed by atoms with E-state index in [4.69, 9.17) is 9.84 Å². The molecule has 0 atom stereocenters. The fraction of sp³-hybridized carbons (Fsp3) is 0.154. The molecule has 0 saturated heterocycles. The number of H-pyrrole nitrogens is 1. The van der Waals surface area contributed by atoms with Crippen LogP contribution in [0.4, 0.5) is 0 Å². The average molecular weight is 260 g/mol. The highest BCUT2D eigenvalue weighted by Crippen LogP contribution is 2.23. The Labute approximate surface area is 108 Å². The van der Waals surface area contributed by atoms with Gasteiger partial charge in [0.05, 0.1) is 12.5 Å². The number of ether oxygens (including phenoxy) is 1. The van der Waals surface area contributed by atoms with E-state index >= 15 is 0 Å². The number of aromatic amines is 1. The molecule has 0 unspecified atom stereocenters. The Kier molecular flexibility index (Phi) is 3.61. The third-order valence-corrected chi connectivity index (χ3v) is 2.37. The molecule has 0 aliphatic carbocycles. The topological polar surface area (TPSA) is 92.3 Å². The molecule has 19 heavy (non-hydrogen) atoms. The number of aryl methyl sites for hydroxylation is 1. The van der Waals surface area contributed by atoms with Crippen LogP contribution in [0.15, 0.2) is 35.1 Å². The van der Waals surface area contributed by atoms with E-state index in [2.05, 4.69) is 9.97 Å². The van der Waals surface area contributed by atoms with Crippen LogP contribution in [-0.4, -0.2) is 21.0 Å². The van der Waals surface area contributed by atoms with Crippen LogP contribution < -0.4 is 10.3 Å². The van der Waals surface area contributed by atoms with Crippen molar-refractivity contribution in [1.29, 1.82) is 0 Å². The zero-order valence-electron chi connectivity index (χ0n) is 10.2. The lowest BCUT2D eigenvalue weighted by Gasteiger charge is -2.08. The smallest absolute Gasteiger partial charge is 0.307 e. The van der Waals surface area contributed by atoms with Crippen LogP contribution >= 0.6 is 0 Å². The summed E-state index contributed by atoms with van der Waals surface area (Å²) in [5.74, 6) is -0.00852. The second kappa shape index (κ2) is 5.34. The van der Waals surface area contributed by atoms with Gasteiger partial charge in [-0.3, -0.25) is 9.59 Å². The van der Waals surface area contributed by atoms with Gasteiger partial charge in [-0.25, -0.2) is 4.98 Å². The van der Waals surface area contributed by atoms with E-state index in [-0.39, 0.29) is 17.9 Å². The number of carbonyl (C=O) groups is 1. The fourth-order valence-electron chi connectivity index (χ4n) is 1.63. The van der Waals surface area contributed by atoms with Crippen molar-refractivity contribution in [2.75, 3.05) is 0 Å². The third kappa shape index (κ3) is 3.41. The number of hydrogen-bond donors (Lipinski definition) is 2. The number of benzene rings is 1. The van der Waals surface area contributed by atoms with E-state index in [1.165, 1.54) is 6.07 Å². The van der Waals surface area contributed by atoms with Crippen molar-refractivity contribution >= 4 is 5.97 Å². The highest BCUT2D eigenvalue weighted by atomic mass is 16.5. The number of rotatable bonds is 4. The van der Waals surface area contributed by atoms with Gasteiger partial charge in [0.2, 0.25) is 5.88 Å². The first-order valence-electron chi connectivity index (χ1n) is 5.60. The minimum absolute atomic E-state index is 0.138. The summed E-state index contributed by atoms with van der Waals surface area (Å²) in [6.07, 6.45) is -0.154. The SMILES string of the molecule is Cc1nc(Oc2ccccc2CC(=O)O)cc(=O)[nH]1. The maximum absolute atomic E-state index is 11.3. The molecule has 0 aliphatic rings. The molecule has 1 aromatic heterocycles. The van der Waals surface area contributed by atoms with Gasteiger partial charge < -0.3 is 14.8 Å². The van der Waals surface area contributed by atoms with Crippen molar-refractivity contribution in [2.45, 2.75) is 13.3 Å². The minimum Gasteiger partial charge on any atom is -0.481 e. The van der Waals surface area contributed by atoms with Gasteiger partial charge in [0.1, 0.15) is 11.6 Å². The third-order valence-electron chi connectivity index (χ3n) is 2.37. The molecular weight excluding hydrogens is 248 g/mol. The Morgan fingerprint density at radius 1 is 1.42 bits per heavy atom. The monoisotopic (exact) mass is 260 g/mol. The summed E-state index contributed by atoms with van der Waals surface area (Å²) < 4.78 is 5.48. The van der Waals surface area contributed by atoms with Gasteiger partial charge in [0, 0.05) is 5.56 Å². The lowest BCUT2D eigenvalue weighted by molar-refractivity contribution is -0.136. The molecule has 6 nitrogen and oxygen atoms in total. The fourth-order valence-corrected chi connectivity index (χ4v) is 1.63. The van der Waals surface area contributed by atoms with Gasteiger partial charge in [0.25, 0.3) is 5.56 Å². The van der Waals surface area contributed by atoms with E-state index in [0.29, 0.717) is 17.1 Å². The van der Waals surface area contributed by atoms with Crippen LogP contribution in [0.1, 0.15) is 11.4 Å². The van der Waals surface area contributed by atoms with Gasteiger partial charge >= 0.3 is 5.97 Å². The predicted octanol–water partition coefficient (Wildman–Crippen LogP) is 1.50. The van der Waals surface area contributed by atoms with Crippen LogP contribution in [0.2, 0.25) is 0 Å². The summed E-state index contributed by atoms with van der Waals surface area (Å²) in [4.78, 5) is 28.6. The van der Waals surface area contributed by atoms with E-state index in [1.807, 2.05) is 0 Å². The first-order valence-corrected chi connectivity index (χ1v) is 5.60. The van der Waals surface area contributed by atoms with Crippen LogP contribution in [0, 0.1) is 6.92 Å². The summed E-state index contributed by atoms with van der Waals surface area (Å²) in [7, 11) is 0. The molecule has 0 spiro atoms. The summed E-state index contributed by atoms with van der Waals surface area (Å²) in [6.45, 7) is 1.64. The molecular formula is C13H12N2O4. The number of nitrogens with zero attached hydrogens (tertiary/aromatic N) is 1. The normalized spacial score (nSPS) is 10.2. The Hall–Kier alpha value is -2.63. The summed E-state index contributed by atoms with van der Waals surface area (Å²) in [5, 5.41) is 8.82. The lowest BCUT2D eigenvalue weighted by atomic mass is 10.1. The number of aliphatic carboxylic acids is 1. The van der Waals surface area contributed by atoms with Crippen molar-refractivity contribution in [3.8, 4) is 11.6 Å². The van der Waals surface area contributed by atoms with E-state index < -0.39 is 5.97 Å². The van der Waals surface area contributed by atoms with Crippen molar-refractivity contribution in [1.82, 2.24) is 9.97 Å².